The Kier molecular flexibility index (Phi) is 3.90. The van der Waals surface area contributed by atoms with Crippen molar-refractivity contribution in [3.8, 4) is 5.75 Å². The van der Waals surface area contributed by atoms with Gasteiger partial charge in [0.15, 0.2) is 0 Å². The first-order valence-corrected chi connectivity index (χ1v) is 6.66. The third-order valence-corrected chi connectivity index (χ3v) is 3.73. The van der Waals surface area contributed by atoms with Gasteiger partial charge in [0.25, 0.3) is 0 Å². The number of rotatable bonds is 5. The first-order valence-electron chi connectivity index (χ1n) is 6.66. The summed E-state index contributed by atoms with van der Waals surface area (Å²) in [4.78, 5) is 11.6. The van der Waals surface area contributed by atoms with E-state index >= 15 is 0 Å². The van der Waals surface area contributed by atoms with Crippen molar-refractivity contribution >= 4 is 5.97 Å². The second kappa shape index (κ2) is 5.42. The number of carbonyl (C=O) groups is 1. The third kappa shape index (κ3) is 2.35. The maximum absolute atomic E-state index is 11.6. The Morgan fingerprint density at radius 3 is 2.72 bits per heavy atom. The molecule has 1 aliphatic carbocycles. The van der Waals surface area contributed by atoms with Gasteiger partial charge in [0.2, 0.25) is 0 Å². The minimum atomic E-state index is -0.701. The van der Waals surface area contributed by atoms with Crippen LogP contribution in [-0.4, -0.2) is 17.7 Å². The summed E-state index contributed by atoms with van der Waals surface area (Å²) in [5.41, 5.74) is 0.201. The molecule has 1 aliphatic rings. The van der Waals surface area contributed by atoms with Crippen LogP contribution in [0.4, 0.5) is 0 Å². The van der Waals surface area contributed by atoms with Gasteiger partial charge in [-0.15, -0.1) is 0 Å². The number of hydrogen-bond acceptors (Lipinski definition) is 2. The van der Waals surface area contributed by atoms with E-state index in [9.17, 15) is 9.90 Å². The molecule has 1 aromatic rings. The predicted molar refractivity (Wildman–Crippen MR) is 70.0 cm³/mol. The number of ether oxygens (including phenoxy) is 1. The summed E-state index contributed by atoms with van der Waals surface area (Å²) in [6.45, 7) is 2.73. The lowest BCUT2D eigenvalue weighted by molar-refractivity contribution is -0.143. The molecule has 0 amide bonds. The molecular weight excluding hydrogens is 228 g/mol. The molecule has 0 heterocycles. The molecule has 0 aromatic heterocycles. The minimum Gasteiger partial charge on any atom is -0.494 e. The van der Waals surface area contributed by atoms with Crippen molar-refractivity contribution in [3.05, 3.63) is 29.8 Å². The molecule has 1 aromatic carbocycles. The van der Waals surface area contributed by atoms with Crippen molar-refractivity contribution < 1.29 is 14.6 Å². The van der Waals surface area contributed by atoms with E-state index in [0.717, 1.165) is 43.4 Å². The van der Waals surface area contributed by atoms with E-state index < -0.39 is 11.4 Å². The monoisotopic (exact) mass is 248 g/mol. The maximum Gasteiger partial charge on any atom is 0.314 e. The van der Waals surface area contributed by atoms with Crippen LogP contribution in [0.15, 0.2) is 24.3 Å². The molecule has 2 rings (SSSR count). The van der Waals surface area contributed by atoms with Gasteiger partial charge in [-0.2, -0.15) is 0 Å². The molecule has 3 heteroatoms. The minimum absolute atomic E-state index is 0.670. The molecule has 98 valence electrons. The number of carboxylic acid groups (broad SMARTS) is 1. The fourth-order valence-electron chi connectivity index (χ4n) is 2.71. The van der Waals surface area contributed by atoms with Crippen molar-refractivity contribution in [2.45, 2.75) is 44.4 Å². The van der Waals surface area contributed by atoms with Crippen molar-refractivity contribution in [1.29, 1.82) is 0 Å². The van der Waals surface area contributed by atoms with Crippen LogP contribution in [0.25, 0.3) is 0 Å². The quantitative estimate of drug-likeness (QED) is 0.869. The molecule has 0 atom stereocenters. The van der Waals surface area contributed by atoms with Gasteiger partial charge in [-0.3, -0.25) is 4.79 Å². The molecule has 3 nitrogen and oxygen atoms in total. The topological polar surface area (TPSA) is 46.5 Å². The highest BCUT2D eigenvalue weighted by Gasteiger charge is 2.42. The molecule has 18 heavy (non-hydrogen) atoms. The first kappa shape index (κ1) is 12.9. The molecule has 0 radical (unpaired) electrons. The molecule has 0 spiro atoms. The molecule has 1 N–H and O–H groups in total. The van der Waals surface area contributed by atoms with Gasteiger partial charge >= 0.3 is 5.97 Å². The SMILES string of the molecule is CCCOc1cccc(C2(C(=O)O)CCCC2)c1. The van der Waals surface area contributed by atoms with Gasteiger partial charge in [-0.25, -0.2) is 0 Å². The summed E-state index contributed by atoms with van der Waals surface area (Å²) in [6, 6.07) is 7.60. The van der Waals surface area contributed by atoms with Gasteiger partial charge < -0.3 is 9.84 Å². The summed E-state index contributed by atoms with van der Waals surface area (Å²) < 4.78 is 5.59. The van der Waals surface area contributed by atoms with Crippen LogP contribution in [0.3, 0.4) is 0 Å². The van der Waals surface area contributed by atoms with Gasteiger partial charge in [0.05, 0.1) is 12.0 Å². The van der Waals surface area contributed by atoms with Gasteiger partial charge in [-0.05, 0) is 37.0 Å². The van der Waals surface area contributed by atoms with Gasteiger partial charge in [0.1, 0.15) is 5.75 Å². The summed E-state index contributed by atoms with van der Waals surface area (Å²) in [5.74, 6) is 0.0783. The average molecular weight is 248 g/mol. The molecular formula is C15H20O3. The Morgan fingerprint density at radius 2 is 2.11 bits per heavy atom. The molecule has 1 fully saturated rings. The molecule has 0 bridgehead atoms. The van der Waals surface area contributed by atoms with Crippen LogP contribution in [0.2, 0.25) is 0 Å². The van der Waals surface area contributed by atoms with E-state index in [2.05, 4.69) is 6.92 Å². The van der Waals surface area contributed by atoms with Crippen LogP contribution in [-0.2, 0) is 10.2 Å². The number of aliphatic carboxylic acids is 1. The molecule has 0 saturated heterocycles. The third-order valence-electron chi connectivity index (χ3n) is 3.73. The highest BCUT2D eigenvalue weighted by atomic mass is 16.5. The average Bonchev–Trinajstić information content (AvgIpc) is 2.87. The zero-order valence-corrected chi connectivity index (χ0v) is 10.8. The summed E-state index contributed by atoms with van der Waals surface area (Å²) in [5, 5.41) is 9.54. The van der Waals surface area contributed by atoms with E-state index in [0.29, 0.717) is 6.61 Å². The zero-order valence-electron chi connectivity index (χ0n) is 10.8. The zero-order chi connectivity index (χ0) is 13.0. The van der Waals surface area contributed by atoms with E-state index in [1.165, 1.54) is 0 Å². The van der Waals surface area contributed by atoms with Crippen LogP contribution in [0, 0.1) is 0 Å². The van der Waals surface area contributed by atoms with Gasteiger partial charge in [0, 0.05) is 0 Å². The Bertz CT molecular complexity index is 420. The van der Waals surface area contributed by atoms with E-state index in [1.807, 2.05) is 24.3 Å². The number of carboxylic acids is 1. The van der Waals surface area contributed by atoms with Crippen molar-refractivity contribution in [3.63, 3.8) is 0 Å². The van der Waals surface area contributed by atoms with Crippen molar-refractivity contribution in [1.82, 2.24) is 0 Å². The fourth-order valence-corrected chi connectivity index (χ4v) is 2.71. The lowest BCUT2D eigenvalue weighted by atomic mass is 9.79. The van der Waals surface area contributed by atoms with Crippen LogP contribution < -0.4 is 4.74 Å². The number of hydrogen-bond donors (Lipinski definition) is 1. The Balaban J connectivity index is 2.28. The standard InChI is InChI=1S/C15H20O3/c1-2-10-18-13-7-5-6-12(11-13)15(14(16)17)8-3-4-9-15/h5-7,11H,2-4,8-10H2,1H3,(H,16,17). The summed E-state index contributed by atoms with van der Waals surface area (Å²) in [7, 11) is 0. The largest absolute Gasteiger partial charge is 0.494 e. The van der Waals surface area contributed by atoms with E-state index in [4.69, 9.17) is 4.74 Å². The lowest BCUT2D eigenvalue weighted by Crippen LogP contribution is -2.32. The Labute approximate surface area is 108 Å². The van der Waals surface area contributed by atoms with E-state index in [1.54, 1.807) is 0 Å². The summed E-state index contributed by atoms with van der Waals surface area (Å²) in [6.07, 6.45) is 4.41. The Hall–Kier alpha value is -1.51. The van der Waals surface area contributed by atoms with Crippen molar-refractivity contribution in [2.75, 3.05) is 6.61 Å². The molecule has 0 aliphatic heterocycles. The predicted octanol–water partition coefficient (Wildman–Crippen LogP) is 3.37. The fraction of sp³-hybridized carbons (Fsp3) is 0.533. The molecule has 0 unspecified atom stereocenters. The molecule has 1 saturated carbocycles. The number of benzene rings is 1. The lowest BCUT2D eigenvalue weighted by Gasteiger charge is -2.24. The summed E-state index contributed by atoms with van der Waals surface area (Å²) >= 11 is 0. The first-order chi connectivity index (χ1) is 8.69. The van der Waals surface area contributed by atoms with Crippen LogP contribution in [0.5, 0.6) is 5.75 Å². The highest BCUT2D eigenvalue weighted by molar-refractivity contribution is 5.82. The Morgan fingerprint density at radius 1 is 1.39 bits per heavy atom. The van der Waals surface area contributed by atoms with E-state index in [-0.39, 0.29) is 0 Å². The van der Waals surface area contributed by atoms with Crippen LogP contribution >= 0.6 is 0 Å². The second-order valence-electron chi connectivity index (χ2n) is 4.97. The van der Waals surface area contributed by atoms with Crippen LogP contribution in [0.1, 0.15) is 44.6 Å². The van der Waals surface area contributed by atoms with Gasteiger partial charge in [-0.1, -0.05) is 31.9 Å². The van der Waals surface area contributed by atoms with Crippen molar-refractivity contribution in [2.24, 2.45) is 0 Å². The highest BCUT2D eigenvalue weighted by Crippen LogP contribution is 2.42. The normalized spacial score (nSPS) is 17.6. The smallest absolute Gasteiger partial charge is 0.314 e. The maximum atomic E-state index is 11.6. The second-order valence-corrected chi connectivity index (χ2v) is 4.97.